The number of allylic oxidation sites excluding steroid dienone is 8. The highest BCUT2D eigenvalue weighted by atomic mass is 15.1. The van der Waals surface area contributed by atoms with Crippen LogP contribution in [0.3, 0.4) is 0 Å². The Balaban J connectivity index is 2.80. The fourth-order valence-electron chi connectivity index (χ4n) is 2.73. The lowest BCUT2D eigenvalue weighted by molar-refractivity contribution is 0.447. The summed E-state index contributed by atoms with van der Waals surface area (Å²) in [4.78, 5) is 2.18. The van der Waals surface area contributed by atoms with Crippen molar-refractivity contribution in [2.24, 2.45) is 0 Å². The Labute approximate surface area is 165 Å². The van der Waals surface area contributed by atoms with Gasteiger partial charge in [0.1, 0.15) is 0 Å². The molecule has 1 aromatic carbocycles. The highest BCUT2D eigenvalue weighted by Gasteiger charge is 2.06. The van der Waals surface area contributed by atoms with E-state index in [-0.39, 0.29) is 0 Å². The van der Waals surface area contributed by atoms with Crippen LogP contribution in [-0.4, -0.2) is 18.5 Å². The van der Waals surface area contributed by atoms with Crippen LogP contribution in [0.25, 0.3) is 5.57 Å². The molecule has 0 amide bonds. The molecule has 0 fully saturated rings. The van der Waals surface area contributed by atoms with E-state index in [4.69, 9.17) is 6.42 Å². The maximum atomic E-state index is 5.33. The molecule has 1 heteroatoms. The largest absolute Gasteiger partial charge is 0.374 e. The summed E-state index contributed by atoms with van der Waals surface area (Å²) in [6, 6.07) is 8.62. The maximum Gasteiger partial charge on any atom is 0.0420 e. The molecule has 0 spiro atoms. The predicted octanol–water partition coefficient (Wildman–Crippen LogP) is 6.35. The predicted molar refractivity (Wildman–Crippen MR) is 121 cm³/mol. The van der Waals surface area contributed by atoms with Crippen molar-refractivity contribution in [3.8, 4) is 12.3 Å². The van der Waals surface area contributed by atoms with Gasteiger partial charge in [0.05, 0.1) is 0 Å². The summed E-state index contributed by atoms with van der Waals surface area (Å²) in [5, 5.41) is 0. The second-order valence-electron chi connectivity index (χ2n) is 6.34. The molecule has 0 bridgehead atoms. The molecule has 140 valence electrons. The van der Waals surface area contributed by atoms with Gasteiger partial charge in [0.25, 0.3) is 0 Å². The van der Waals surface area contributed by atoms with Crippen molar-refractivity contribution in [1.82, 2.24) is 4.90 Å². The maximum absolute atomic E-state index is 5.33. The molecule has 1 aromatic rings. The smallest absolute Gasteiger partial charge is 0.0420 e. The van der Waals surface area contributed by atoms with Crippen LogP contribution < -0.4 is 0 Å². The monoisotopic (exact) mass is 357 g/mol. The van der Waals surface area contributed by atoms with E-state index < -0.39 is 0 Å². The molecule has 0 aliphatic heterocycles. The Bertz CT molecular complexity index is 776. The summed E-state index contributed by atoms with van der Waals surface area (Å²) in [6.45, 7) is 13.0. The van der Waals surface area contributed by atoms with E-state index in [0.29, 0.717) is 0 Å². The van der Waals surface area contributed by atoms with Crippen molar-refractivity contribution in [3.05, 3.63) is 102 Å². The van der Waals surface area contributed by atoms with Crippen molar-refractivity contribution in [1.29, 1.82) is 0 Å². The van der Waals surface area contributed by atoms with Gasteiger partial charge in [0.15, 0.2) is 0 Å². The van der Waals surface area contributed by atoms with Gasteiger partial charge >= 0.3 is 0 Å². The summed E-state index contributed by atoms with van der Waals surface area (Å²) in [7, 11) is 2.07. The topological polar surface area (TPSA) is 3.24 Å². The molecule has 0 saturated carbocycles. The number of benzene rings is 1. The average Bonchev–Trinajstić information content (AvgIpc) is 2.66. The third-order valence-corrected chi connectivity index (χ3v) is 4.16. The van der Waals surface area contributed by atoms with Gasteiger partial charge in [-0.05, 0) is 47.8 Å². The fourth-order valence-corrected chi connectivity index (χ4v) is 2.73. The number of hydrogen-bond donors (Lipinski definition) is 0. The zero-order valence-electron chi connectivity index (χ0n) is 16.9. The minimum absolute atomic E-state index is 0.802. The van der Waals surface area contributed by atoms with Crippen LogP contribution in [0.5, 0.6) is 0 Å². The molecule has 0 N–H and O–H groups in total. The summed E-state index contributed by atoms with van der Waals surface area (Å²) in [5.74, 6) is 2.55. The van der Waals surface area contributed by atoms with Gasteiger partial charge in [0.2, 0.25) is 0 Å². The molecule has 0 aliphatic carbocycles. The molecule has 1 nitrogen and oxygen atoms in total. The Morgan fingerprint density at radius 1 is 1.22 bits per heavy atom. The van der Waals surface area contributed by atoms with Gasteiger partial charge in [-0.25, -0.2) is 0 Å². The number of rotatable bonds is 10. The lowest BCUT2D eigenvalue weighted by atomic mass is 10.0. The van der Waals surface area contributed by atoms with Gasteiger partial charge in [-0.15, -0.1) is 6.42 Å². The Kier molecular flexibility index (Phi) is 10.1. The molecule has 0 radical (unpaired) electrons. The Hall–Kier alpha value is -2.98. The van der Waals surface area contributed by atoms with Crippen LogP contribution >= 0.6 is 0 Å². The highest BCUT2D eigenvalue weighted by molar-refractivity contribution is 5.75. The number of likely N-dealkylation sites (N-methyl/N-ethyl adjacent to an activating group) is 1. The summed E-state index contributed by atoms with van der Waals surface area (Å²) in [6.07, 6.45) is 21.0. The summed E-state index contributed by atoms with van der Waals surface area (Å²) in [5.41, 5.74) is 5.87. The fraction of sp³-hybridized carbons (Fsp3) is 0.231. The summed E-state index contributed by atoms with van der Waals surface area (Å²) >= 11 is 0. The first-order chi connectivity index (χ1) is 13.0. The molecular weight excluding hydrogens is 326 g/mol. The van der Waals surface area contributed by atoms with Gasteiger partial charge in [-0.1, -0.05) is 80.6 Å². The van der Waals surface area contributed by atoms with Crippen molar-refractivity contribution in [2.45, 2.75) is 26.7 Å². The Morgan fingerprint density at radius 3 is 2.48 bits per heavy atom. The summed E-state index contributed by atoms with van der Waals surface area (Å²) < 4.78 is 0. The van der Waals surface area contributed by atoms with Crippen LogP contribution in [0.2, 0.25) is 0 Å². The minimum atomic E-state index is 0.802. The van der Waals surface area contributed by atoms with E-state index in [2.05, 4.69) is 74.4 Å². The molecule has 0 heterocycles. The van der Waals surface area contributed by atoms with Crippen LogP contribution in [0.1, 0.15) is 31.4 Å². The molecular formula is C26H31N. The number of terminal acetylenes is 1. The molecule has 0 aromatic heterocycles. The lowest BCUT2D eigenvalue weighted by Gasteiger charge is -2.22. The minimum Gasteiger partial charge on any atom is -0.374 e. The second kappa shape index (κ2) is 12.4. The van der Waals surface area contributed by atoms with Crippen LogP contribution in [-0.2, 0) is 6.42 Å². The van der Waals surface area contributed by atoms with Crippen LogP contribution in [0, 0.1) is 12.3 Å². The van der Waals surface area contributed by atoms with Crippen molar-refractivity contribution < 1.29 is 0 Å². The molecule has 27 heavy (non-hydrogen) atoms. The number of nitrogens with zero attached hydrogens (tertiary/aromatic N) is 1. The van der Waals surface area contributed by atoms with E-state index in [0.717, 1.165) is 30.7 Å². The lowest BCUT2D eigenvalue weighted by Crippen LogP contribution is -2.20. The zero-order valence-corrected chi connectivity index (χ0v) is 16.9. The quantitative estimate of drug-likeness (QED) is 0.348. The van der Waals surface area contributed by atoms with Gasteiger partial charge in [0, 0.05) is 25.7 Å². The molecule has 1 rings (SSSR count). The third-order valence-electron chi connectivity index (χ3n) is 4.16. The highest BCUT2D eigenvalue weighted by Crippen LogP contribution is 2.19. The first-order valence-corrected chi connectivity index (χ1v) is 9.31. The van der Waals surface area contributed by atoms with E-state index in [9.17, 15) is 0 Å². The van der Waals surface area contributed by atoms with Gasteiger partial charge in [-0.2, -0.15) is 0 Å². The standard InChI is InChI=1S/C26H31N/c1-7-11-15-24(12-8-2)21-27(6)22(5)20-23-16-18-26(19-17-23)25(13-9-3)14-10-4/h1,9-19H,3,5,8,20-21H2,2,4,6H3/b14-10-,15-11-,24-12+,25-13+. The van der Waals surface area contributed by atoms with E-state index >= 15 is 0 Å². The molecule has 0 unspecified atom stereocenters. The second-order valence-corrected chi connectivity index (χ2v) is 6.34. The van der Waals surface area contributed by atoms with Crippen molar-refractivity contribution in [2.75, 3.05) is 13.6 Å². The van der Waals surface area contributed by atoms with Gasteiger partial charge < -0.3 is 4.90 Å². The van der Waals surface area contributed by atoms with E-state index in [1.54, 1.807) is 6.08 Å². The van der Waals surface area contributed by atoms with E-state index in [1.165, 1.54) is 16.7 Å². The molecule has 0 atom stereocenters. The molecule has 0 aliphatic rings. The van der Waals surface area contributed by atoms with E-state index in [1.807, 2.05) is 31.2 Å². The number of hydrogen-bond acceptors (Lipinski definition) is 1. The molecule has 0 saturated heterocycles. The third kappa shape index (κ3) is 7.84. The Morgan fingerprint density at radius 2 is 1.93 bits per heavy atom. The van der Waals surface area contributed by atoms with Gasteiger partial charge in [-0.3, -0.25) is 0 Å². The average molecular weight is 358 g/mol. The SMILES string of the molecule is C#C/C=C\C(=C/CC)CN(C)C(=C)Cc1ccc(C(/C=C\C)=C/C=C)cc1. The van der Waals surface area contributed by atoms with Crippen LogP contribution in [0.15, 0.2) is 91.2 Å². The first-order valence-electron chi connectivity index (χ1n) is 9.31. The zero-order chi connectivity index (χ0) is 20.1. The van der Waals surface area contributed by atoms with Crippen LogP contribution in [0.4, 0.5) is 0 Å². The first kappa shape index (κ1) is 22.1. The van der Waals surface area contributed by atoms with Crippen molar-refractivity contribution in [3.63, 3.8) is 0 Å². The van der Waals surface area contributed by atoms with Crippen molar-refractivity contribution >= 4 is 5.57 Å². The normalized spacial score (nSPS) is 12.4.